The average Bonchev–Trinajstić information content (AvgIpc) is 2.45. The van der Waals surface area contributed by atoms with E-state index in [0.717, 1.165) is 41.4 Å². The van der Waals surface area contributed by atoms with Crippen molar-refractivity contribution >= 4 is 11.6 Å². The van der Waals surface area contributed by atoms with Gasteiger partial charge in [-0.15, -0.1) is 0 Å². The van der Waals surface area contributed by atoms with Gasteiger partial charge in [-0.05, 0) is 43.5 Å². The Morgan fingerprint density at radius 1 is 1.16 bits per heavy atom. The second kappa shape index (κ2) is 6.67. The molecule has 100 valence electrons. The van der Waals surface area contributed by atoms with Gasteiger partial charge in [-0.3, -0.25) is 9.97 Å². The van der Waals surface area contributed by atoms with Crippen molar-refractivity contribution < 1.29 is 0 Å². The first-order valence-corrected chi connectivity index (χ1v) is 7.13. The molecule has 0 N–H and O–H groups in total. The zero-order valence-electron chi connectivity index (χ0n) is 11.4. The van der Waals surface area contributed by atoms with Crippen molar-refractivity contribution in [3.05, 3.63) is 58.6 Å². The van der Waals surface area contributed by atoms with Crippen LogP contribution in [0.3, 0.4) is 0 Å². The van der Waals surface area contributed by atoms with E-state index in [1.807, 2.05) is 12.1 Å². The Morgan fingerprint density at radius 3 is 2.68 bits per heavy atom. The van der Waals surface area contributed by atoms with Crippen LogP contribution in [0.1, 0.15) is 43.3 Å². The highest BCUT2D eigenvalue weighted by molar-refractivity contribution is 6.31. The number of hydrogen-bond donors (Lipinski definition) is 0. The van der Waals surface area contributed by atoms with Gasteiger partial charge in [0, 0.05) is 23.5 Å². The molecule has 2 aromatic heterocycles. The predicted octanol–water partition coefficient (Wildman–Crippen LogP) is 4.43. The van der Waals surface area contributed by atoms with Gasteiger partial charge in [0.05, 0.1) is 10.7 Å². The topological polar surface area (TPSA) is 25.8 Å². The van der Waals surface area contributed by atoms with Crippen LogP contribution in [-0.4, -0.2) is 9.97 Å². The molecule has 1 atom stereocenters. The van der Waals surface area contributed by atoms with Crippen LogP contribution < -0.4 is 0 Å². The summed E-state index contributed by atoms with van der Waals surface area (Å²) in [6.07, 6.45) is 4.75. The molecule has 0 radical (unpaired) electrons. The number of nitrogens with zero attached hydrogens (tertiary/aromatic N) is 2. The highest BCUT2D eigenvalue weighted by Gasteiger charge is 2.11. The van der Waals surface area contributed by atoms with Crippen molar-refractivity contribution in [2.45, 2.75) is 39.0 Å². The molecule has 2 nitrogen and oxygen atoms in total. The molecule has 2 rings (SSSR count). The van der Waals surface area contributed by atoms with E-state index in [2.05, 4.69) is 42.0 Å². The fourth-order valence-corrected chi connectivity index (χ4v) is 2.43. The van der Waals surface area contributed by atoms with Gasteiger partial charge in [0.15, 0.2) is 0 Å². The molecule has 2 aromatic rings. The molecular weight excluding hydrogens is 256 g/mol. The molecule has 19 heavy (non-hydrogen) atoms. The first-order chi connectivity index (χ1) is 9.20. The van der Waals surface area contributed by atoms with Crippen LogP contribution in [0.25, 0.3) is 0 Å². The minimum absolute atomic E-state index is 0.348. The van der Waals surface area contributed by atoms with Crippen LogP contribution >= 0.6 is 11.6 Å². The van der Waals surface area contributed by atoms with E-state index in [-0.39, 0.29) is 0 Å². The number of pyridine rings is 2. The van der Waals surface area contributed by atoms with Crippen LogP contribution in [0.15, 0.2) is 36.5 Å². The quantitative estimate of drug-likeness (QED) is 0.806. The fourth-order valence-electron chi connectivity index (χ4n) is 2.13. The van der Waals surface area contributed by atoms with E-state index in [9.17, 15) is 0 Å². The molecule has 0 aliphatic carbocycles. The first kappa shape index (κ1) is 14.0. The summed E-state index contributed by atoms with van der Waals surface area (Å²) in [5.74, 6) is 0.348. The summed E-state index contributed by atoms with van der Waals surface area (Å²) in [5.41, 5.74) is 3.29. The summed E-state index contributed by atoms with van der Waals surface area (Å²) in [4.78, 5) is 9.00. The van der Waals surface area contributed by atoms with Crippen LogP contribution in [-0.2, 0) is 12.8 Å². The van der Waals surface area contributed by atoms with Gasteiger partial charge >= 0.3 is 0 Å². The molecule has 3 heteroatoms. The molecule has 0 aliphatic rings. The Hall–Kier alpha value is -1.41. The molecule has 0 spiro atoms. The lowest BCUT2D eigenvalue weighted by Crippen LogP contribution is -2.02. The van der Waals surface area contributed by atoms with Crippen LogP contribution in [0.5, 0.6) is 0 Å². The van der Waals surface area contributed by atoms with E-state index >= 15 is 0 Å². The van der Waals surface area contributed by atoms with Gasteiger partial charge < -0.3 is 0 Å². The van der Waals surface area contributed by atoms with Crippen molar-refractivity contribution in [1.29, 1.82) is 0 Å². The number of halogens is 1. The molecule has 0 fully saturated rings. The van der Waals surface area contributed by atoms with Crippen molar-refractivity contribution in [3.8, 4) is 0 Å². The summed E-state index contributed by atoms with van der Waals surface area (Å²) < 4.78 is 0. The summed E-state index contributed by atoms with van der Waals surface area (Å²) >= 11 is 6.17. The monoisotopic (exact) mass is 274 g/mol. The zero-order valence-corrected chi connectivity index (χ0v) is 12.2. The van der Waals surface area contributed by atoms with Gasteiger partial charge in [0.1, 0.15) is 0 Å². The molecule has 0 saturated carbocycles. The Balaban J connectivity index is 2.00. The Kier molecular flexibility index (Phi) is 4.92. The highest BCUT2D eigenvalue weighted by atomic mass is 35.5. The molecule has 0 saturated heterocycles. The van der Waals surface area contributed by atoms with Crippen molar-refractivity contribution in [2.75, 3.05) is 0 Å². The molecular formula is C16H19ClN2. The standard InChI is InChI=1S/C16H19ClN2/c1-3-13-6-4-7-14(19-13)10-9-12(2)16-15(17)8-5-11-18-16/h4-8,11-12H,3,9-10H2,1-2H3. The number of aryl methyl sites for hydroxylation is 2. The van der Waals surface area contributed by atoms with E-state index in [1.54, 1.807) is 6.20 Å². The Bertz CT molecular complexity index is 540. The smallest absolute Gasteiger partial charge is 0.0624 e. The lowest BCUT2D eigenvalue weighted by molar-refractivity contribution is 0.651. The first-order valence-electron chi connectivity index (χ1n) is 6.76. The second-order valence-electron chi connectivity index (χ2n) is 4.78. The molecule has 0 aromatic carbocycles. The largest absolute Gasteiger partial charge is 0.259 e. The van der Waals surface area contributed by atoms with Gasteiger partial charge in [-0.1, -0.05) is 31.5 Å². The summed E-state index contributed by atoms with van der Waals surface area (Å²) in [6.45, 7) is 4.29. The number of rotatable bonds is 5. The maximum absolute atomic E-state index is 6.17. The van der Waals surface area contributed by atoms with Crippen LogP contribution in [0.4, 0.5) is 0 Å². The Labute approximate surface area is 119 Å². The maximum Gasteiger partial charge on any atom is 0.0624 e. The third kappa shape index (κ3) is 3.77. The van der Waals surface area contributed by atoms with E-state index < -0.39 is 0 Å². The van der Waals surface area contributed by atoms with E-state index in [4.69, 9.17) is 11.6 Å². The summed E-state index contributed by atoms with van der Waals surface area (Å²) in [5, 5.41) is 0.755. The lowest BCUT2D eigenvalue weighted by atomic mass is 9.99. The molecule has 2 heterocycles. The van der Waals surface area contributed by atoms with Crippen molar-refractivity contribution in [2.24, 2.45) is 0 Å². The number of hydrogen-bond acceptors (Lipinski definition) is 2. The average molecular weight is 275 g/mol. The maximum atomic E-state index is 6.17. The summed E-state index contributed by atoms with van der Waals surface area (Å²) in [6, 6.07) is 10.0. The van der Waals surface area contributed by atoms with Gasteiger partial charge in [0.25, 0.3) is 0 Å². The highest BCUT2D eigenvalue weighted by Crippen LogP contribution is 2.25. The van der Waals surface area contributed by atoms with Gasteiger partial charge in [-0.2, -0.15) is 0 Å². The zero-order chi connectivity index (χ0) is 13.7. The van der Waals surface area contributed by atoms with Crippen molar-refractivity contribution in [1.82, 2.24) is 9.97 Å². The minimum Gasteiger partial charge on any atom is -0.259 e. The third-order valence-corrected chi connectivity index (χ3v) is 3.63. The third-order valence-electron chi connectivity index (χ3n) is 3.31. The second-order valence-corrected chi connectivity index (χ2v) is 5.19. The van der Waals surface area contributed by atoms with Gasteiger partial charge in [-0.25, -0.2) is 0 Å². The normalized spacial score (nSPS) is 12.4. The SMILES string of the molecule is CCc1cccc(CCC(C)c2ncccc2Cl)n1. The minimum atomic E-state index is 0.348. The van der Waals surface area contributed by atoms with Gasteiger partial charge in [0.2, 0.25) is 0 Å². The molecule has 0 aliphatic heterocycles. The molecule has 0 amide bonds. The number of aromatic nitrogens is 2. The Morgan fingerprint density at radius 2 is 1.95 bits per heavy atom. The van der Waals surface area contributed by atoms with E-state index in [0.29, 0.717) is 5.92 Å². The van der Waals surface area contributed by atoms with E-state index in [1.165, 1.54) is 0 Å². The molecule has 1 unspecified atom stereocenters. The lowest BCUT2D eigenvalue weighted by Gasteiger charge is -2.12. The van der Waals surface area contributed by atoms with Crippen LogP contribution in [0.2, 0.25) is 5.02 Å². The van der Waals surface area contributed by atoms with Crippen LogP contribution in [0, 0.1) is 0 Å². The predicted molar refractivity (Wildman–Crippen MR) is 79.6 cm³/mol. The fraction of sp³-hybridized carbons (Fsp3) is 0.375. The summed E-state index contributed by atoms with van der Waals surface area (Å²) in [7, 11) is 0. The molecule has 0 bridgehead atoms. The van der Waals surface area contributed by atoms with Crippen molar-refractivity contribution in [3.63, 3.8) is 0 Å².